The molecule has 6 heteroatoms. The van der Waals surface area contributed by atoms with Gasteiger partial charge in [-0.15, -0.1) is 22.7 Å². The van der Waals surface area contributed by atoms with Crippen molar-refractivity contribution in [1.29, 1.82) is 0 Å². The molecular weight excluding hydrogens is 252 g/mol. The van der Waals surface area contributed by atoms with Gasteiger partial charge in [-0.25, -0.2) is 9.97 Å². The number of imidazole rings is 1. The van der Waals surface area contributed by atoms with Crippen LogP contribution in [0, 0.1) is 0 Å². The molecule has 88 valence electrons. The smallest absolute Gasteiger partial charge is 0.193 e. The van der Waals surface area contributed by atoms with Gasteiger partial charge < -0.3 is 5.32 Å². The number of hydrogen-bond donors (Lipinski definition) is 1. The zero-order chi connectivity index (χ0) is 11.7. The highest BCUT2D eigenvalue weighted by Crippen LogP contribution is 2.19. The van der Waals surface area contributed by atoms with Crippen LogP contribution in [0.25, 0.3) is 4.96 Å². The molecule has 3 aromatic heterocycles. The van der Waals surface area contributed by atoms with Crippen LogP contribution in [0.2, 0.25) is 0 Å². The van der Waals surface area contributed by atoms with Gasteiger partial charge in [0.1, 0.15) is 0 Å². The van der Waals surface area contributed by atoms with Crippen LogP contribution in [0.4, 0.5) is 0 Å². The molecule has 3 aromatic rings. The highest BCUT2D eigenvalue weighted by Gasteiger charge is 2.14. The van der Waals surface area contributed by atoms with E-state index in [2.05, 4.69) is 31.3 Å². The number of nitrogens with zero attached hydrogens (tertiary/aromatic N) is 3. The molecule has 0 spiro atoms. The zero-order valence-electron chi connectivity index (χ0n) is 9.33. The Morgan fingerprint density at radius 2 is 2.47 bits per heavy atom. The number of likely N-dealkylation sites (N-methyl/N-ethyl adjacent to an activating group) is 1. The average molecular weight is 264 g/mol. The van der Waals surface area contributed by atoms with Crippen molar-refractivity contribution in [2.45, 2.75) is 12.5 Å². The molecule has 0 radical (unpaired) electrons. The molecule has 1 unspecified atom stereocenters. The van der Waals surface area contributed by atoms with Crippen molar-refractivity contribution in [3.8, 4) is 0 Å². The van der Waals surface area contributed by atoms with Gasteiger partial charge in [-0.05, 0) is 7.05 Å². The molecule has 3 rings (SSSR count). The van der Waals surface area contributed by atoms with E-state index < -0.39 is 0 Å². The Hall–Kier alpha value is -1.24. The third-order valence-electron chi connectivity index (χ3n) is 2.71. The fraction of sp³-hybridized carbons (Fsp3) is 0.273. The maximum absolute atomic E-state index is 4.59. The molecular formula is C11H12N4S2. The molecule has 1 N–H and O–H groups in total. The summed E-state index contributed by atoms with van der Waals surface area (Å²) in [5.41, 5.74) is 4.06. The quantitative estimate of drug-likeness (QED) is 0.786. The van der Waals surface area contributed by atoms with Crippen molar-refractivity contribution < 1.29 is 0 Å². The van der Waals surface area contributed by atoms with Gasteiger partial charge in [0, 0.05) is 29.6 Å². The maximum Gasteiger partial charge on any atom is 0.193 e. The van der Waals surface area contributed by atoms with Gasteiger partial charge in [-0.1, -0.05) is 0 Å². The van der Waals surface area contributed by atoms with Crippen molar-refractivity contribution >= 4 is 27.6 Å². The molecule has 0 aliphatic rings. The van der Waals surface area contributed by atoms with Crippen LogP contribution in [0.3, 0.4) is 0 Å². The van der Waals surface area contributed by atoms with Gasteiger partial charge in [-0.3, -0.25) is 4.40 Å². The fourth-order valence-electron chi connectivity index (χ4n) is 1.83. The minimum absolute atomic E-state index is 0.242. The molecule has 0 aromatic carbocycles. The molecule has 17 heavy (non-hydrogen) atoms. The van der Waals surface area contributed by atoms with E-state index in [9.17, 15) is 0 Å². The van der Waals surface area contributed by atoms with Crippen LogP contribution in [0.5, 0.6) is 0 Å². The lowest BCUT2D eigenvalue weighted by Crippen LogP contribution is -2.19. The summed E-state index contributed by atoms with van der Waals surface area (Å²) in [4.78, 5) is 9.99. The normalized spacial score (nSPS) is 13.2. The van der Waals surface area contributed by atoms with Crippen LogP contribution >= 0.6 is 22.7 Å². The first-order valence-corrected chi connectivity index (χ1v) is 7.15. The van der Waals surface area contributed by atoms with E-state index in [4.69, 9.17) is 0 Å². The number of hydrogen-bond acceptors (Lipinski definition) is 5. The van der Waals surface area contributed by atoms with Gasteiger partial charge in [0.15, 0.2) is 4.96 Å². The Balaban J connectivity index is 1.83. The summed E-state index contributed by atoms with van der Waals surface area (Å²) in [6.07, 6.45) is 4.99. The fourth-order valence-corrected chi connectivity index (χ4v) is 3.16. The second kappa shape index (κ2) is 4.56. The lowest BCUT2D eigenvalue weighted by Gasteiger charge is -2.11. The topological polar surface area (TPSA) is 42.2 Å². The van der Waals surface area contributed by atoms with Crippen molar-refractivity contribution in [2.24, 2.45) is 0 Å². The number of nitrogens with one attached hydrogen (secondary N) is 1. The summed E-state index contributed by atoms with van der Waals surface area (Å²) in [5, 5.41) is 7.41. The highest BCUT2D eigenvalue weighted by molar-refractivity contribution is 7.15. The number of aromatic nitrogens is 3. The maximum atomic E-state index is 4.59. The predicted molar refractivity (Wildman–Crippen MR) is 70.7 cm³/mol. The van der Waals surface area contributed by atoms with E-state index in [0.29, 0.717) is 0 Å². The molecule has 0 aliphatic heterocycles. The second-order valence-corrected chi connectivity index (χ2v) is 5.38. The van der Waals surface area contributed by atoms with Crippen molar-refractivity contribution in [3.63, 3.8) is 0 Å². The van der Waals surface area contributed by atoms with Crippen LogP contribution in [-0.4, -0.2) is 21.4 Å². The summed E-state index contributed by atoms with van der Waals surface area (Å²) in [5.74, 6) is 0. The monoisotopic (exact) mass is 264 g/mol. The van der Waals surface area contributed by atoms with Gasteiger partial charge >= 0.3 is 0 Å². The third-order valence-corrected chi connectivity index (χ3v) is 4.09. The van der Waals surface area contributed by atoms with Gasteiger partial charge in [0.2, 0.25) is 0 Å². The molecule has 3 heterocycles. The van der Waals surface area contributed by atoms with E-state index in [1.807, 2.05) is 24.1 Å². The summed E-state index contributed by atoms with van der Waals surface area (Å²) in [7, 11) is 1.96. The SMILES string of the molecule is CNC(Cc1cn2ccsc2n1)c1cscn1. The van der Waals surface area contributed by atoms with Crippen LogP contribution < -0.4 is 5.32 Å². The molecule has 0 bridgehead atoms. The predicted octanol–water partition coefficient (Wildman–Crippen LogP) is 2.36. The Morgan fingerprint density at radius 3 is 3.18 bits per heavy atom. The second-order valence-electron chi connectivity index (χ2n) is 3.78. The Labute approximate surface area is 107 Å². The van der Waals surface area contributed by atoms with Crippen molar-refractivity contribution in [1.82, 2.24) is 19.7 Å². The average Bonchev–Trinajstić information content (AvgIpc) is 3.01. The van der Waals surface area contributed by atoms with E-state index in [1.54, 1.807) is 22.7 Å². The highest BCUT2D eigenvalue weighted by atomic mass is 32.1. The van der Waals surface area contributed by atoms with E-state index in [-0.39, 0.29) is 6.04 Å². The minimum atomic E-state index is 0.242. The van der Waals surface area contributed by atoms with E-state index in [0.717, 1.165) is 22.8 Å². The molecule has 4 nitrogen and oxygen atoms in total. The van der Waals surface area contributed by atoms with Gasteiger partial charge in [0.05, 0.1) is 22.9 Å². The number of thiazole rings is 2. The molecule has 0 saturated carbocycles. The van der Waals surface area contributed by atoms with Crippen LogP contribution in [0.1, 0.15) is 17.4 Å². The van der Waals surface area contributed by atoms with Crippen molar-refractivity contribution in [2.75, 3.05) is 7.05 Å². The molecule has 0 fully saturated rings. The summed E-state index contributed by atoms with van der Waals surface area (Å²) >= 11 is 3.28. The Bertz CT molecular complexity index is 567. The minimum Gasteiger partial charge on any atom is -0.311 e. The van der Waals surface area contributed by atoms with E-state index in [1.165, 1.54) is 0 Å². The molecule has 0 aliphatic carbocycles. The summed E-state index contributed by atoms with van der Waals surface area (Å²) < 4.78 is 2.06. The van der Waals surface area contributed by atoms with Gasteiger partial charge in [-0.2, -0.15) is 0 Å². The summed E-state index contributed by atoms with van der Waals surface area (Å²) in [6.45, 7) is 0. The third kappa shape index (κ3) is 2.11. The Morgan fingerprint density at radius 1 is 1.53 bits per heavy atom. The van der Waals surface area contributed by atoms with Crippen LogP contribution in [-0.2, 0) is 6.42 Å². The first-order valence-electron chi connectivity index (χ1n) is 5.33. The summed E-state index contributed by atoms with van der Waals surface area (Å²) in [6, 6.07) is 0.242. The lowest BCUT2D eigenvalue weighted by molar-refractivity contribution is 0.573. The number of rotatable bonds is 4. The first kappa shape index (κ1) is 10.9. The van der Waals surface area contributed by atoms with Crippen molar-refractivity contribution in [3.05, 3.63) is 40.1 Å². The molecule has 0 amide bonds. The zero-order valence-corrected chi connectivity index (χ0v) is 11.0. The van der Waals surface area contributed by atoms with Crippen LogP contribution in [0.15, 0.2) is 28.7 Å². The van der Waals surface area contributed by atoms with E-state index >= 15 is 0 Å². The lowest BCUT2D eigenvalue weighted by atomic mass is 10.1. The number of fused-ring (bicyclic) bond motifs is 1. The molecule has 0 saturated heterocycles. The first-order chi connectivity index (χ1) is 8.36. The molecule has 1 atom stereocenters. The standard InChI is InChI=1S/C11H12N4S2/c1-12-9(10-6-16-7-13-10)4-8-5-15-2-3-17-11(15)14-8/h2-3,5-7,9,12H,4H2,1H3. The largest absolute Gasteiger partial charge is 0.311 e. The Kier molecular flexibility index (Phi) is 2.92. The van der Waals surface area contributed by atoms with Gasteiger partial charge in [0.25, 0.3) is 0 Å².